The second-order valence-corrected chi connectivity index (χ2v) is 6.55. The number of aromatic nitrogens is 1. The first-order valence-electron chi connectivity index (χ1n) is 7.91. The molecule has 1 aliphatic heterocycles. The van der Waals surface area contributed by atoms with Crippen LogP contribution in [-0.2, 0) is 6.54 Å². The molecule has 124 valence electrons. The van der Waals surface area contributed by atoms with Crippen LogP contribution in [0.25, 0.3) is 0 Å². The number of pyridine rings is 1. The van der Waals surface area contributed by atoms with E-state index in [4.69, 9.17) is 0 Å². The van der Waals surface area contributed by atoms with Gasteiger partial charge >= 0.3 is 0 Å². The van der Waals surface area contributed by atoms with Crippen LogP contribution >= 0.6 is 12.2 Å². The first-order valence-corrected chi connectivity index (χ1v) is 8.32. The molecule has 0 atom stereocenters. The van der Waals surface area contributed by atoms with Crippen molar-refractivity contribution in [3.63, 3.8) is 0 Å². The fourth-order valence-electron chi connectivity index (χ4n) is 3.04. The van der Waals surface area contributed by atoms with Gasteiger partial charge in [0.1, 0.15) is 5.69 Å². The van der Waals surface area contributed by atoms with Gasteiger partial charge in [0.25, 0.3) is 11.5 Å². The minimum atomic E-state index is -2.57. The van der Waals surface area contributed by atoms with Gasteiger partial charge in [0.05, 0.1) is 11.7 Å². The van der Waals surface area contributed by atoms with Gasteiger partial charge in [-0.2, -0.15) is 4.99 Å². The molecule has 2 fully saturated rings. The molecule has 0 amide bonds. The van der Waals surface area contributed by atoms with E-state index in [9.17, 15) is 13.6 Å². The predicted molar refractivity (Wildman–Crippen MR) is 88.0 cm³/mol. The second-order valence-electron chi connectivity index (χ2n) is 6.37. The number of hydrogen-bond acceptors (Lipinski definition) is 4. The highest BCUT2D eigenvalue weighted by Crippen LogP contribution is 2.40. The Hall–Kier alpha value is -1.43. The molecule has 7 heteroatoms. The van der Waals surface area contributed by atoms with Gasteiger partial charge in [-0.05, 0) is 49.0 Å². The number of rotatable bonds is 6. The zero-order valence-electron chi connectivity index (χ0n) is 12.8. The van der Waals surface area contributed by atoms with E-state index in [1.807, 2.05) is 6.20 Å². The van der Waals surface area contributed by atoms with Crippen molar-refractivity contribution >= 4 is 23.1 Å². The summed E-state index contributed by atoms with van der Waals surface area (Å²) in [7, 11) is 0. The molecule has 4 nitrogen and oxygen atoms in total. The molecule has 3 rings (SSSR count). The summed E-state index contributed by atoms with van der Waals surface area (Å²) in [5.41, 5.74) is 1.22. The van der Waals surface area contributed by atoms with Gasteiger partial charge in [0.2, 0.25) is 0 Å². The zero-order valence-corrected chi connectivity index (χ0v) is 13.6. The fourth-order valence-corrected chi connectivity index (χ4v) is 3.14. The zero-order chi connectivity index (χ0) is 16.4. The predicted octanol–water partition coefficient (Wildman–Crippen LogP) is 3.19. The van der Waals surface area contributed by atoms with Gasteiger partial charge in [0, 0.05) is 32.3 Å². The third-order valence-electron chi connectivity index (χ3n) is 4.43. The molecule has 0 spiro atoms. The molecule has 2 aliphatic rings. The normalized spacial score (nSPS) is 20.4. The number of hydrogen-bond donors (Lipinski definition) is 0. The van der Waals surface area contributed by atoms with Crippen LogP contribution in [0.4, 0.5) is 14.5 Å². The minimum Gasteiger partial charge on any atom is -0.313 e. The van der Waals surface area contributed by atoms with Crippen molar-refractivity contribution in [1.29, 1.82) is 0 Å². The van der Waals surface area contributed by atoms with Crippen LogP contribution in [0.15, 0.2) is 22.1 Å². The van der Waals surface area contributed by atoms with E-state index in [2.05, 4.69) is 22.4 Å². The summed E-state index contributed by atoms with van der Waals surface area (Å²) in [5, 5.41) is 2.25. The van der Waals surface area contributed by atoms with E-state index >= 15 is 0 Å². The third kappa shape index (κ3) is 4.10. The van der Waals surface area contributed by atoms with Gasteiger partial charge in [-0.15, -0.1) is 0 Å². The summed E-state index contributed by atoms with van der Waals surface area (Å²) in [6.07, 6.45) is 4.72. The molecule has 0 aromatic carbocycles. The summed E-state index contributed by atoms with van der Waals surface area (Å²) in [6, 6.07) is 1.79. The number of isothiocyanates is 1. The Morgan fingerprint density at radius 1 is 1.39 bits per heavy atom. The van der Waals surface area contributed by atoms with Gasteiger partial charge < -0.3 is 4.57 Å². The van der Waals surface area contributed by atoms with Crippen LogP contribution in [0, 0.1) is 0 Å². The Balaban J connectivity index is 1.67. The number of thiocarbonyl (C=S) groups is 1. The van der Waals surface area contributed by atoms with Crippen LogP contribution in [0.3, 0.4) is 0 Å². The van der Waals surface area contributed by atoms with Crippen LogP contribution in [0.2, 0.25) is 0 Å². The highest BCUT2D eigenvalue weighted by molar-refractivity contribution is 7.78. The summed E-state index contributed by atoms with van der Waals surface area (Å²) >= 11 is 4.60. The number of aryl methyl sites for hydroxylation is 1. The topological polar surface area (TPSA) is 37.6 Å². The number of alkyl halides is 2. The molecule has 1 aromatic rings. The van der Waals surface area contributed by atoms with Crippen molar-refractivity contribution in [3.8, 4) is 0 Å². The van der Waals surface area contributed by atoms with Crippen molar-refractivity contribution in [3.05, 3.63) is 28.2 Å². The maximum atomic E-state index is 13.2. The molecule has 1 aliphatic carbocycles. The fraction of sp³-hybridized carbons (Fsp3) is 0.625. The SMILES string of the molecule is O=c1c(N=C=S)cc(C2CC2)cn1CCCN1CCC(F)(F)C1. The van der Waals surface area contributed by atoms with E-state index in [0.717, 1.165) is 18.4 Å². The summed E-state index contributed by atoms with van der Waals surface area (Å²) in [4.78, 5) is 18.0. The molecule has 1 aromatic heterocycles. The molecule has 0 N–H and O–H groups in total. The highest BCUT2D eigenvalue weighted by Gasteiger charge is 2.37. The minimum absolute atomic E-state index is 0.0718. The first kappa shape index (κ1) is 16.4. The highest BCUT2D eigenvalue weighted by atomic mass is 32.1. The smallest absolute Gasteiger partial charge is 0.277 e. The Labute approximate surface area is 138 Å². The van der Waals surface area contributed by atoms with Crippen molar-refractivity contribution in [2.24, 2.45) is 4.99 Å². The Morgan fingerprint density at radius 2 is 2.17 bits per heavy atom. The summed E-state index contributed by atoms with van der Waals surface area (Å²) in [6.45, 7) is 1.32. The largest absolute Gasteiger partial charge is 0.313 e. The maximum absolute atomic E-state index is 13.2. The van der Waals surface area contributed by atoms with Gasteiger partial charge in [-0.3, -0.25) is 9.69 Å². The van der Waals surface area contributed by atoms with Gasteiger partial charge in [-0.1, -0.05) is 0 Å². The second kappa shape index (κ2) is 6.59. The average Bonchev–Trinajstić information content (AvgIpc) is 3.28. The lowest BCUT2D eigenvalue weighted by Gasteiger charge is -2.16. The van der Waals surface area contributed by atoms with Crippen molar-refractivity contribution < 1.29 is 8.78 Å². The molecule has 0 bridgehead atoms. The Morgan fingerprint density at radius 3 is 2.78 bits per heavy atom. The average molecular weight is 339 g/mol. The van der Waals surface area contributed by atoms with Crippen LogP contribution in [0.5, 0.6) is 0 Å². The quantitative estimate of drug-likeness (QED) is 0.590. The van der Waals surface area contributed by atoms with Crippen molar-refractivity contribution in [2.45, 2.75) is 44.1 Å². The van der Waals surface area contributed by atoms with Gasteiger partial charge in [0.15, 0.2) is 0 Å². The van der Waals surface area contributed by atoms with Crippen LogP contribution in [-0.4, -0.2) is 40.2 Å². The lowest BCUT2D eigenvalue weighted by Crippen LogP contribution is -2.28. The Bertz CT molecular complexity index is 693. The first-order chi connectivity index (χ1) is 11.0. The lowest BCUT2D eigenvalue weighted by molar-refractivity contribution is 0.0121. The standard InChI is InChI=1S/C16H19F2N3OS/c17-16(18)4-7-20(10-16)5-1-6-21-9-13(12-2-3-12)8-14(15(21)22)19-11-23/h8-9,12H,1-7,10H2. The summed E-state index contributed by atoms with van der Waals surface area (Å²) < 4.78 is 28.0. The molecule has 0 radical (unpaired) electrons. The molecule has 1 saturated carbocycles. The van der Waals surface area contributed by atoms with E-state index in [0.29, 0.717) is 37.7 Å². The lowest BCUT2D eigenvalue weighted by atomic mass is 10.2. The van der Waals surface area contributed by atoms with Crippen LogP contribution < -0.4 is 5.56 Å². The van der Waals surface area contributed by atoms with E-state index in [1.165, 1.54) is 0 Å². The molecule has 1 saturated heterocycles. The van der Waals surface area contributed by atoms with Crippen LogP contribution in [0.1, 0.15) is 37.2 Å². The number of likely N-dealkylation sites (tertiary alicyclic amines) is 1. The molecule has 2 heterocycles. The van der Waals surface area contributed by atoms with E-state index < -0.39 is 5.92 Å². The van der Waals surface area contributed by atoms with Gasteiger partial charge in [-0.25, -0.2) is 8.78 Å². The number of aliphatic imine (C=N–C) groups is 1. The number of nitrogens with zero attached hydrogens (tertiary/aromatic N) is 3. The molecular weight excluding hydrogens is 320 g/mol. The van der Waals surface area contributed by atoms with Crippen molar-refractivity contribution in [1.82, 2.24) is 9.47 Å². The third-order valence-corrected chi connectivity index (χ3v) is 4.52. The molecule has 23 heavy (non-hydrogen) atoms. The van der Waals surface area contributed by atoms with Crippen molar-refractivity contribution in [2.75, 3.05) is 19.6 Å². The molecular formula is C16H19F2N3OS. The van der Waals surface area contributed by atoms with E-state index in [-0.39, 0.29) is 18.5 Å². The number of halogens is 2. The monoisotopic (exact) mass is 339 g/mol. The molecule has 0 unspecified atom stereocenters. The van der Waals surface area contributed by atoms with E-state index in [1.54, 1.807) is 15.5 Å². The summed E-state index contributed by atoms with van der Waals surface area (Å²) in [5.74, 6) is -2.07. The maximum Gasteiger partial charge on any atom is 0.277 e. The Kier molecular flexibility index (Phi) is 4.71.